The summed E-state index contributed by atoms with van der Waals surface area (Å²) in [4.78, 5) is 15.5. The second kappa shape index (κ2) is 8.22. The van der Waals surface area contributed by atoms with Gasteiger partial charge in [0, 0.05) is 12.4 Å². The number of benzene rings is 1. The van der Waals surface area contributed by atoms with Gasteiger partial charge in [0.05, 0.1) is 22.4 Å². The van der Waals surface area contributed by atoms with Crippen LogP contribution in [0.1, 0.15) is 12.5 Å². The standard InChI is InChI=1S/C17H15F3N8O2S/c1-2-31(29,30)12-4-3-9(17(18,19)20)7-10(12)27-28-13-14(21)25-16(26-15(13)22)11-8-23-5-6-24-11/h3-8H,2H2,1H3,(H4,21,22,25,26). The maximum Gasteiger partial charge on any atom is 0.416 e. The van der Waals surface area contributed by atoms with Crippen LogP contribution in [0.25, 0.3) is 11.5 Å². The summed E-state index contributed by atoms with van der Waals surface area (Å²) in [7, 11) is -3.89. The second-order valence-electron chi connectivity index (χ2n) is 6.04. The van der Waals surface area contributed by atoms with Crippen molar-refractivity contribution < 1.29 is 21.6 Å². The molecule has 2 aromatic heterocycles. The number of hydrogen-bond acceptors (Lipinski definition) is 10. The first kappa shape index (κ1) is 22.0. The van der Waals surface area contributed by atoms with Gasteiger partial charge in [-0.25, -0.2) is 23.4 Å². The van der Waals surface area contributed by atoms with Crippen molar-refractivity contribution in [2.75, 3.05) is 17.2 Å². The van der Waals surface area contributed by atoms with Gasteiger partial charge in [-0.2, -0.15) is 13.2 Å². The van der Waals surface area contributed by atoms with Gasteiger partial charge in [-0.3, -0.25) is 4.98 Å². The highest BCUT2D eigenvalue weighted by atomic mass is 32.2. The van der Waals surface area contributed by atoms with Crippen LogP contribution in [-0.4, -0.2) is 34.1 Å². The smallest absolute Gasteiger partial charge is 0.382 e. The number of aromatic nitrogens is 4. The molecule has 0 saturated heterocycles. The SMILES string of the molecule is CCS(=O)(=O)c1ccc(C(F)(F)F)cc1N=Nc1c(N)nc(-c2cnccn2)nc1N. The number of rotatable bonds is 5. The Balaban J connectivity index is 2.09. The van der Waals surface area contributed by atoms with E-state index in [0.29, 0.717) is 12.1 Å². The van der Waals surface area contributed by atoms with Crippen LogP contribution in [0.4, 0.5) is 36.2 Å². The van der Waals surface area contributed by atoms with E-state index in [1.54, 1.807) is 0 Å². The molecule has 31 heavy (non-hydrogen) atoms. The monoisotopic (exact) mass is 452 g/mol. The van der Waals surface area contributed by atoms with E-state index in [1.165, 1.54) is 25.5 Å². The summed E-state index contributed by atoms with van der Waals surface area (Å²) in [6, 6.07) is 2.06. The van der Waals surface area contributed by atoms with Crippen molar-refractivity contribution in [3.05, 3.63) is 42.4 Å². The van der Waals surface area contributed by atoms with E-state index in [1.807, 2.05) is 0 Å². The fourth-order valence-electron chi connectivity index (χ4n) is 2.42. The maximum atomic E-state index is 13.1. The Morgan fingerprint density at radius 3 is 2.29 bits per heavy atom. The molecule has 0 unspecified atom stereocenters. The minimum atomic E-state index is -4.71. The fourth-order valence-corrected chi connectivity index (χ4v) is 3.42. The van der Waals surface area contributed by atoms with Gasteiger partial charge in [-0.1, -0.05) is 6.92 Å². The molecule has 0 amide bonds. The average Bonchev–Trinajstić information content (AvgIpc) is 2.72. The lowest BCUT2D eigenvalue weighted by Crippen LogP contribution is -2.08. The summed E-state index contributed by atoms with van der Waals surface area (Å²) < 4.78 is 63.8. The molecule has 3 aromatic rings. The molecule has 0 aliphatic carbocycles. The molecular formula is C17H15F3N8O2S. The molecular weight excluding hydrogens is 437 g/mol. The van der Waals surface area contributed by atoms with Gasteiger partial charge >= 0.3 is 6.18 Å². The van der Waals surface area contributed by atoms with Crippen LogP contribution < -0.4 is 11.5 Å². The zero-order chi connectivity index (χ0) is 22.8. The highest BCUT2D eigenvalue weighted by molar-refractivity contribution is 7.91. The zero-order valence-electron chi connectivity index (χ0n) is 15.9. The van der Waals surface area contributed by atoms with Crippen LogP contribution >= 0.6 is 0 Å². The second-order valence-corrected chi connectivity index (χ2v) is 8.29. The Kier molecular flexibility index (Phi) is 5.83. The van der Waals surface area contributed by atoms with Crippen molar-refractivity contribution in [2.45, 2.75) is 18.0 Å². The van der Waals surface area contributed by atoms with Gasteiger partial charge in [-0.05, 0) is 18.2 Å². The average molecular weight is 452 g/mol. The summed E-state index contributed by atoms with van der Waals surface area (Å²) in [5, 5.41) is 7.39. The van der Waals surface area contributed by atoms with Crippen molar-refractivity contribution in [1.29, 1.82) is 0 Å². The molecule has 2 heterocycles. The van der Waals surface area contributed by atoms with Gasteiger partial charge in [0.1, 0.15) is 11.4 Å². The van der Waals surface area contributed by atoms with E-state index in [0.717, 1.165) is 6.07 Å². The van der Waals surface area contributed by atoms with Crippen LogP contribution in [0.3, 0.4) is 0 Å². The molecule has 0 spiro atoms. The first-order valence-corrected chi connectivity index (χ1v) is 10.2. The molecule has 0 bridgehead atoms. The minimum Gasteiger partial charge on any atom is -0.382 e. The Hall–Kier alpha value is -3.68. The van der Waals surface area contributed by atoms with E-state index in [2.05, 4.69) is 30.2 Å². The largest absolute Gasteiger partial charge is 0.416 e. The summed E-state index contributed by atoms with van der Waals surface area (Å²) >= 11 is 0. The first-order chi connectivity index (χ1) is 14.5. The highest BCUT2D eigenvalue weighted by Gasteiger charge is 2.32. The Bertz CT molecular complexity index is 1220. The molecule has 0 radical (unpaired) electrons. The number of sulfone groups is 1. The highest BCUT2D eigenvalue weighted by Crippen LogP contribution is 2.37. The van der Waals surface area contributed by atoms with E-state index >= 15 is 0 Å². The molecule has 3 rings (SSSR count). The summed E-state index contributed by atoms with van der Waals surface area (Å²) in [5.74, 6) is -0.760. The van der Waals surface area contributed by atoms with Crippen LogP contribution in [0, 0.1) is 0 Å². The molecule has 0 atom stereocenters. The van der Waals surface area contributed by atoms with Gasteiger partial charge < -0.3 is 11.5 Å². The van der Waals surface area contributed by atoms with E-state index in [-0.39, 0.29) is 34.6 Å². The van der Waals surface area contributed by atoms with Crippen molar-refractivity contribution >= 4 is 32.8 Å². The maximum absolute atomic E-state index is 13.1. The van der Waals surface area contributed by atoms with Gasteiger partial charge in [0.15, 0.2) is 33.0 Å². The summed E-state index contributed by atoms with van der Waals surface area (Å²) in [6.07, 6.45) is -0.490. The zero-order valence-corrected chi connectivity index (χ0v) is 16.7. The predicted octanol–water partition coefficient (Wildman–Crippen LogP) is 3.33. The Morgan fingerprint density at radius 2 is 1.74 bits per heavy atom. The lowest BCUT2D eigenvalue weighted by molar-refractivity contribution is -0.137. The number of alkyl halides is 3. The number of azo groups is 1. The first-order valence-electron chi connectivity index (χ1n) is 8.58. The molecule has 0 fully saturated rings. The molecule has 14 heteroatoms. The van der Waals surface area contributed by atoms with Crippen LogP contribution in [0.2, 0.25) is 0 Å². The topological polar surface area (TPSA) is 162 Å². The number of hydrogen-bond donors (Lipinski definition) is 2. The normalized spacial score (nSPS) is 12.4. The fraction of sp³-hybridized carbons (Fsp3) is 0.176. The number of nitrogens with zero attached hydrogens (tertiary/aromatic N) is 6. The summed E-state index contributed by atoms with van der Waals surface area (Å²) in [5.41, 5.74) is 10.1. The van der Waals surface area contributed by atoms with Gasteiger partial charge in [0.25, 0.3) is 0 Å². The predicted molar refractivity (Wildman–Crippen MR) is 105 cm³/mol. The van der Waals surface area contributed by atoms with Crippen LogP contribution in [0.15, 0.2) is 51.9 Å². The number of anilines is 2. The van der Waals surface area contributed by atoms with Gasteiger partial charge in [0.2, 0.25) is 0 Å². The molecule has 10 nitrogen and oxygen atoms in total. The minimum absolute atomic E-state index is 0.0513. The lowest BCUT2D eigenvalue weighted by atomic mass is 10.2. The van der Waals surface area contributed by atoms with E-state index in [4.69, 9.17) is 11.5 Å². The number of nitrogen functional groups attached to an aromatic ring is 2. The molecule has 1 aromatic carbocycles. The van der Waals surface area contributed by atoms with E-state index < -0.39 is 32.2 Å². The number of nitrogens with two attached hydrogens (primary N) is 2. The van der Waals surface area contributed by atoms with Crippen molar-refractivity contribution in [3.63, 3.8) is 0 Å². The van der Waals surface area contributed by atoms with Crippen molar-refractivity contribution in [3.8, 4) is 11.5 Å². The quantitative estimate of drug-likeness (QED) is 0.557. The van der Waals surface area contributed by atoms with Crippen molar-refractivity contribution in [1.82, 2.24) is 19.9 Å². The third kappa shape index (κ3) is 4.74. The number of halogens is 3. The Labute approximate surface area is 174 Å². The van der Waals surface area contributed by atoms with Gasteiger partial charge in [-0.15, -0.1) is 10.2 Å². The molecule has 162 valence electrons. The van der Waals surface area contributed by atoms with Crippen molar-refractivity contribution in [2.24, 2.45) is 10.2 Å². The molecule has 0 aliphatic rings. The molecule has 4 N–H and O–H groups in total. The summed E-state index contributed by atoms with van der Waals surface area (Å²) in [6.45, 7) is 1.35. The molecule has 0 aliphatic heterocycles. The van der Waals surface area contributed by atoms with E-state index in [9.17, 15) is 21.6 Å². The Morgan fingerprint density at radius 1 is 1.06 bits per heavy atom. The molecule has 0 saturated carbocycles. The van der Waals surface area contributed by atoms with Crippen LogP contribution in [-0.2, 0) is 16.0 Å². The lowest BCUT2D eigenvalue weighted by Gasteiger charge is -2.10. The van der Waals surface area contributed by atoms with Crippen LogP contribution in [0.5, 0.6) is 0 Å². The third-order valence-corrected chi connectivity index (χ3v) is 5.76. The third-order valence-electron chi connectivity index (χ3n) is 3.99.